The Balaban J connectivity index is 2.48. The van der Waals surface area contributed by atoms with Crippen LogP contribution in [0.5, 0.6) is 0 Å². The molecule has 38 valence electrons. The van der Waals surface area contributed by atoms with Gasteiger partial charge in [0.25, 0.3) is 5.91 Å². The van der Waals surface area contributed by atoms with Gasteiger partial charge in [-0.05, 0) is 0 Å². The first kappa shape index (κ1) is 4.11. The Kier molecular flexibility index (Phi) is 0.563. The third-order valence-electron chi connectivity index (χ3n) is 0.712. The van der Waals surface area contributed by atoms with Crippen molar-refractivity contribution in [3.63, 3.8) is 0 Å². The van der Waals surface area contributed by atoms with E-state index in [0.29, 0.717) is 0 Å². The van der Waals surface area contributed by atoms with Crippen LogP contribution < -0.4 is 5.32 Å². The first-order valence-corrected chi connectivity index (χ1v) is 1.75. The van der Waals surface area contributed by atoms with Gasteiger partial charge in [0.1, 0.15) is 0 Å². The van der Waals surface area contributed by atoms with E-state index in [0.717, 1.165) is 0 Å². The van der Waals surface area contributed by atoms with Crippen LogP contribution in [0.4, 0.5) is 0 Å². The summed E-state index contributed by atoms with van der Waals surface area (Å²) >= 11 is 0. The average molecular weight is 101 g/mol. The molecular weight excluding hydrogens is 98.0 g/mol. The van der Waals surface area contributed by atoms with Crippen LogP contribution in [0.1, 0.15) is 0 Å². The molecule has 4 nitrogen and oxygen atoms in total. The second-order valence-corrected chi connectivity index (χ2v) is 1.28. The summed E-state index contributed by atoms with van der Waals surface area (Å²) < 4.78 is 0. The molecule has 1 saturated heterocycles. The Morgan fingerprint density at radius 2 is 2.29 bits per heavy atom. The highest BCUT2D eigenvalue weighted by molar-refractivity contribution is 6.13. The van der Waals surface area contributed by atoms with Gasteiger partial charge in [0.05, 0.1) is 0 Å². The molecule has 1 atom stereocenters. The summed E-state index contributed by atoms with van der Waals surface area (Å²) in [4.78, 5) is 19.5. The summed E-state index contributed by atoms with van der Waals surface area (Å²) in [5.74, 6) is -1.49. The molecule has 4 heteroatoms. The lowest BCUT2D eigenvalue weighted by molar-refractivity contribution is -0.137. The zero-order valence-electron chi connectivity index (χ0n) is 3.34. The molecule has 0 aromatic carbocycles. The Labute approximate surface area is 39.1 Å². The average Bonchev–Trinajstić information content (AvgIpc) is 2.17. The highest BCUT2D eigenvalue weighted by atomic mass is 16.4. The summed E-state index contributed by atoms with van der Waals surface area (Å²) in [5.41, 5.74) is 0. The van der Waals surface area contributed by atoms with Gasteiger partial charge < -0.3 is 10.4 Å². The van der Waals surface area contributed by atoms with Crippen molar-refractivity contribution >= 4 is 11.9 Å². The van der Waals surface area contributed by atoms with Crippen molar-refractivity contribution in [2.75, 3.05) is 0 Å². The number of carbonyl (C=O) groups is 2. The Hall–Kier alpha value is -1.06. The van der Waals surface area contributed by atoms with E-state index < -0.39 is 17.9 Å². The van der Waals surface area contributed by atoms with Crippen LogP contribution in [0, 0.1) is 0 Å². The van der Waals surface area contributed by atoms with Crippen molar-refractivity contribution in [3.05, 3.63) is 0 Å². The molecule has 1 fully saturated rings. The third kappa shape index (κ3) is 0.534. The number of nitrogens with one attached hydrogen (secondary N) is 1. The van der Waals surface area contributed by atoms with Crippen LogP contribution in [0.25, 0.3) is 0 Å². The van der Waals surface area contributed by atoms with Gasteiger partial charge in [-0.2, -0.15) is 0 Å². The minimum absolute atomic E-state index is 0.396. The highest BCUT2D eigenvalue weighted by Gasteiger charge is 2.40. The lowest BCUT2D eigenvalue weighted by Gasteiger charge is -1.71. The minimum Gasteiger partial charge on any atom is -0.479 e. The number of carbonyl (C=O) groups excluding carboxylic acids is 1. The Morgan fingerprint density at radius 1 is 1.86 bits per heavy atom. The first-order valence-electron chi connectivity index (χ1n) is 1.75. The van der Waals surface area contributed by atoms with E-state index >= 15 is 0 Å². The fourth-order valence-corrected chi connectivity index (χ4v) is 0.274. The quantitative estimate of drug-likeness (QED) is 0.314. The molecule has 0 aromatic heterocycles. The number of rotatable bonds is 1. The van der Waals surface area contributed by atoms with Gasteiger partial charge in [-0.15, -0.1) is 0 Å². The lowest BCUT2D eigenvalue weighted by Crippen LogP contribution is -2.07. The maximum Gasteiger partial charge on any atom is 0.336 e. The molecule has 0 spiro atoms. The molecule has 0 saturated carbocycles. The number of carboxylic acid groups (broad SMARTS) is 1. The van der Waals surface area contributed by atoms with Gasteiger partial charge in [-0.1, -0.05) is 0 Å². The zero-order chi connectivity index (χ0) is 5.44. The molecule has 2 N–H and O–H groups in total. The van der Waals surface area contributed by atoms with E-state index in [-0.39, 0.29) is 0 Å². The van der Waals surface area contributed by atoms with E-state index in [4.69, 9.17) is 5.11 Å². The molecule has 1 aliphatic rings. The number of aliphatic carboxylic acids is 1. The summed E-state index contributed by atoms with van der Waals surface area (Å²) in [7, 11) is 0. The molecule has 1 unspecified atom stereocenters. The molecular formula is C3H3NO3. The van der Waals surface area contributed by atoms with Crippen LogP contribution in [0.15, 0.2) is 0 Å². The molecule has 1 aliphatic heterocycles. The molecule has 1 heterocycles. The summed E-state index contributed by atoms with van der Waals surface area (Å²) in [6.07, 6.45) is 0. The van der Waals surface area contributed by atoms with E-state index in [9.17, 15) is 9.59 Å². The van der Waals surface area contributed by atoms with E-state index in [1.54, 1.807) is 0 Å². The normalized spacial score (nSPS) is 26.3. The molecule has 0 aromatic rings. The van der Waals surface area contributed by atoms with Crippen LogP contribution in [-0.4, -0.2) is 23.0 Å². The molecule has 1 amide bonds. The lowest BCUT2D eigenvalue weighted by atomic mass is 10.5. The molecule has 1 rings (SSSR count). The van der Waals surface area contributed by atoms with Crippen LogP contribution >= 0.6 is 0 Å². The van der Waals surface area contributed by atoms with Crippen molar-refractivity contribution in [1.82, 2.24) is 5.32 Å². The van der Waals surface area contributed by atoms with Crippen molar-refractivity contribution < 1.29 is 14.7 Å². The van der Waals surface area contributed by atoms with Gasteiger partial charge in [0.15, 0.2) is 0 Å². The smallest absolute Gasteiger partial charge is 0.336 e. The van der Waals surface area contributed by atoms with Crippen molar-refractivity contribution in [1.29, 1.82) is 0 Å². The predicted molar refractivity (Wildman–Crippen MR) is 19.6 cm³/mol. The van der Waals surface area contributed by atoms with Crippen molar-refractivity contribution in [2.24, 2.45) is 0 Å². The summed E-state index contributed by atoms with van der Waals surface area (Å²) in [5, 5.41) is 10.0. The minimum atomic E-state index is -1.09. The van der Waals surface area contributed by atoms with Crippen LogP contribution in [-0.2, 0) is 9.59 Å². The van der Waals surface area contributed by atoms with Crippen molar-refractivity contribution in [2.45, 2.75) is 6.04 Å². The fraction of sp³-hybridized carbons (Fsp3) is 0.333. The maximum absolute atomic E-state index is 9.84. The first-order chi connectivity index (χ1) is 3.22. The Bertz CT molecular complexity index is 130. The zero-order valence-corrected chi connectivity index (χ0v) is 3.34. The molecule has 0 aliphatic carbocycles. The third-order valence-corrected chi connectivity index (χ3v) is 0.712. The maximum atomic E-state index is 9.84. The number of hydrogen-bond acceptors (Lipinski definition) is 2. The number of hydrogen-bond donors (Lipinski definition) is 2. The van der Waals surface area contributed by atoms with Gasteiger partial charge in [0, 0.05) is 0 Å². The van der Waals surface area contributed by atoms with Gasteiger partial charge in [-0.3, -0.25) is 4.79 Å². The second-order valence-electron chi connectivity index (χ2n) is 1.28. The van der Waals surface area contributed by atoms with Gasteiger partial charge in [0.2, 0.25) is 6.04 Å². The Morgan fingerprint density at radius 3 is 2.29 bits per heavy atom. The summed E-state index contributed by atoms with van der Waals surface area (Å²) in [6, 6.07) is -0.903. The molecule has 7 heavy (non-hydrogen) atoms. The topological polar surface area (TPSA) is 76.3 Å². The van der Waals surface area contributed by atoms with Crippen LogP contribution in [0.2, 0.25) is 0 Å². The van der Waals surface area contributed by atoms with E-state index in [1.165, 1.54) is 0 Å². The highest BCUT2D eigenvalue weighted by Crippen LogP contribution is 1.97. The van der Waals surface area contributed by atoms with Gasteiger partial charge in [-0.25, -0.2) is 4.79 Å². The summed E-state index contributed by atoms with van der Waals surface area (Å²) in [6.45, 7) is 0. The van der Waals surface area contributed by atoms with Gasteiger partial charge >= 0.3 is 5.97 Å². The number of carboxylic acids is 1. The fourth-order valence-electron chi connectivity index (χ4n) is 0.274. The molecule has 0 bridgehead atoms. The van der Waals surface area contributed by atoms with Crippen molar-refractivity contribution in [3.8, 4) is 0 Å². The van der Waals surface area contributed by atoms with E-state index in [2.05, 4.69) is 5.32 Å². The van der Waals surface area contributed by atoms with Crippen LogP contribution in [0.3, 0.4) is 0 Å². The SMILES string of the molecule is O=C(O)C1NC1=O. The largest absolute Gasteiger partial charge is 0.479 e. The second kappa shape index (κ2) is 0.959. The standard InChI is InChI=1S/C3H3NO3/c5-2-1(4-2)3(6)7/h1H,(H,4,5)(H,6,7). The van der Waals surface area contributed by atoms with E-state index in [1.807, 2.05) is 0 Å². The monoisotopic (exact) mass is 101 g/mol. The number of amides is 1. The predicted octanol–water partition coefficient (Wildman–Crippen LogP) is -1.43. The molecule has 0 radical (unpaired) electrons.